The van der Waals surface area contributed by atoms with Crippen molar-refractivity contribution in [2.24, 2.45) is 11.3 Å². The van der Waals surface area contributed by atoms with E-state index in [4.69, 9.17) is 14.2 Å². The van der Waals surface area contributed by atoms with E-state index in [0.29, 0.717) is 0 Å². The van der Waals surface area contributed by atoms with E-state index in [2.05, 4.69) is 19.7 Å². The van der Waals surface area contributed by atoms with Gasteiger partial charge in [-0.3, -0.25) is 9.59 Å². The lowest BCUT2D eigenvalue weighted by molar-refractivity contribution is -0.211. The van der Waals surface area contributed by atoms with Gasteiger partial charge >= 0.3 is 35.8 Å². The van der Waals surface area contributed by atoms with Crippen molar-refractivity contribution < 1.29 is 63.4 Å². The molecule has 13 nitrogen and oxygen atoms in total. The lowest BCUT2D eigenvalue weighted by Gasteiger charge is -2.44. The molecule has 0 aliphatic heterocycles. The Kier molecular flexibility index (Phi) is 12.4. The summed E-state index contributed by atoms with van der Waals surface area (Å²) in [5, 5.41) is 41.3. The molecular weight excluding hydrogens is 496 g/mol. The van der Waals surface area contributed by atoms with Gasteiger partial charge in [0, 0.05) is 29.6 Å². The first-order valence-electron chi connectivity index (χ1n) is 10.9. The van der Waals surface area contributed by atoms with Gasteiger partial charge in [0.25, 0.3) is 0 Å². The van der Waals surface area contributed by atoms with Gasteiger partial charge in [0.2, 0.25) is 0 Å². The minimum Gasteiger partial charge on any atom is -0.481 e. The largest absolute Gasteiger partial charge is 0.481 e. The summed E-state index contributed by atoms with van der Waals surface area (Å²) in [6, 6.07) is 0. The summed E-state index contributed by atoms with van der Waals surface area (Å²) < 4.78 is 14.5. The lowest BCUT2D eigenvalue weighted by atomic mass is 9.61. The Hall–Kier alpha value is -4.00. The van der Waals surface area contributed by atoms with Gasteiger partial charge in [0.1, 0.15) is 11.3 Å². The van der Waals surface area contributed by atoms with Crippen molar-refractivity contribution in [2.45, 2.75) is 45.6 Å². The molecule has 0 aliphatic rings. The zero-order valence-electron chi connectivity index (χ0n) is 20.9. The number of carboxylic acids is 3. The van der Waals surface area contributed by atoms with Crippen LogP contribution in [0.4, 0.5) is 0 Å². The number of rotatable bonds is 17. The van der Waals surface area contributed by atoms with Crippen molar-refractivity contribution >= 4 is 35.8 Å². The van der Waals surface area contributed by atoms with Crippen LogP contribution < -0.4 is 0 Å². The third-order valence-electron chi connectivity index (χ3n) is 5.48. The maximum atomic E-state index is 12.6. The molecule has 0 bridgehead atoms. The number of ether oxygens (including phenoxy) is 3. The molecule has 206 valence electrons. The molecule has 2 atom stereocenters. The van der Waals surface area contributed by atoms with Crippen LogP contribution in [0.2, 0.25) is 0 Å². The maximum Gasteiger partial charge on any atom is 0.337 e. The highest BCUT2D eigenvalue weighted by Gasteiger charge is 2.66. The van der Waals surface area contributed by atoms with Crippen LogP contribution in [0.25, 0.3) is 0 Å². The predicted molar refractivity (Wildman–Crippen MR) is 125 cm³/mol. The van der Waals surface area contributed by atoms with Crippen LogP contribution in [0.15, 0.2) is 36.5 Å². The maximum absolute atomic E-state index is 12.6. The summed E-state index contributed by atoms with van der Waals surface area (Å²) in [6.45, 7) is 11.7. The highest BCUT2D eigenvalue weighted by atomic mass is 16.5. The van der Waals surface area contributed by atoms with Gasteiger partial charge in [0.05, 0.1) is 19.8 Å². The zero-order valence-corrected chi connectivity index (χ0v) is 20.9. The SMILES string of the molecule is C=C(C)C(=O)OCCC(C(=O)O)C(O)(C(=O)O)C(CCOC(=O)C(=C)C)(CCOC(=O)C(=C)C)C(=O)O. The van der Waals surface area contributed by atoms with E-state index < -0.39 is 91.8 Å². The van der Waals surface area contributed by atoms with Crippen molar-refractivity contribution in [3.05, 3.63) is 36.5 Å². The van der Waals surface area contributed by atoms with Gasteiger partial charge in [-0.1, -0.05) is 19.7 Å². The van der Waals surface area contributed by atoms with E-state index in [1.54, 1.807) is 0 Å². The van der Waals surface area contributed by atoms with Crippen LogP contribution >= 0.6 is 0 Å². The van der Waals surface area contributed by atoms with Gasteiger partial charge in [-0.2, -0.15) is 0 Å². The first-order valence-corrected chi connectivity index (χ1v) is 10.9. The summed E-state index contributed by atoms with van der Waals surface area (Å²) in [5.41, 5.74) is -6.60. The molecular formula is C24H32O13. The van der Waals surface area contributed by atoms with Gasteiger partial charge in [0.15, 0.2) is 5.60 Å². The van der Waals surface area contributed by atoms with Crippen molar-refractivity contribution in [1.82, 2.24) is 0 Å². The highest BCUT2D eigenvalue weighted by molar-refractivity contribution is 5.94. The second kappa shape index (κ2) is 13.9. The summed E-state index contributed by atoms with van der Waals surface area (Å²) in [6.07, 6.45) is -2.61. The molecule has 0 aromatic carbocycles. The second-order valence-corrected chi connectivity index (χ2v) is 8.39. The Morgan fingerprint density at radius 1 is 0.676 bits per heavy atom. The molecule has 0 spiro atoms. The molecule has 4 N–H and O–H groups in total. The van der Waals surface area contributed by atoms with E-state index >= 15 is 0 Å². The number of hydrogen-bond donors (Lipinski definition) is 4. The molecule has 0 saturated heterocycles. The molecule has 0 rings (SSSR count). The van der Waals surface area contributed by atoms with Crippen LogP contribution in [0, 0.1) is 11.3 Å². The average molecular weight is 529 g/mol. The molecule has 0 fully saturated rings. The quantitative estimate of drug-likeness (QED) is 0.118. The predicted octanol–water partition coefficient (Wildman–Crippen LogP) is 1.10. The highest BCUT2D eigenvalue weighted by Crippen LogP contribution is 2.46. The van der Waals surface area contributed by atoms with E-state index in [-0.39, 0.29) is 16.7 Å². The molecule has 13 heteroatoms. The molecule has 37 heavy (non-hydrogen) atoms. The standard InChI is InChI=1S/C24H32O13/c1-13(2)18(27)35-10-7-16(17(25)26)24(34,22(32)33)23(21(30)31,8-11-36-19(28)14(3)4)9-12-37-20(29)15(5)6/h16,34H,1,3,5,7-12H2,2,4,6H3,(H,25,26)(H,30,31)(H,32,33). The number of carboxylic acid groups (broad SMARTS) is 3. The van der Waals surface area contributed by atoms with Crippen LogP contribution in [0.3, 0.4) is 0 Å². The summed E-state index contributed by atoms with van der Waals surface area (Å²) in [4.78, 5) is 72.3. The number of hydrogen-bond acceptors (Lipinski definition) is 10. The summed E-state index contributed by atoms with van der Waals surface area (Å²) in [5.74, 6) is -11.3. The third kappa shape index (κ3) is 8.27. The zero-order chi connectivity index (χ0) is 29.1. The van der Waals surface area contributed by atoms with E-state index in [1.165, 1.54) is 20.8 Å². The number of carbonyl (C=O) groups excluding carboxylic acids is 3. The second-order valence-electron chi connectivity index (χ2n) is 8.39. The van der Waals surface area contributed by atoms with Crippen LogP contribution in [0.5, 0.6) is 0 Å². The van der Waals surface area contributed by atoms with Gasteiger partial charge < -0.3 is 34.6 Å². The van der Waals surface area contributed by atoms with Gasteiger partial charge in [-0.25, -0.2) is 19.2 Å². The first kappa shape index (κ1) is 33.0. The van der Waals surface area contributed by atoms with Gasteiger partial charge in [-0.05, 0) is 27.2 Å². The van der Waals surface area contributed by atoms with Crippen molar-refractivity contribution in [2.75, 3.05) is 19.8 Å². The third-order valence-corrected chi connectivity index (χ3v) is 5.48. The van der Waals surface area contributed by atoms with E-state index in [9.17, 15) is 49.2 Å². The molecule has 0 aromatic rings. The Morgan fingerprint density at radius 2 is 1.03 bits per heavy atom. The summed E-state index contributed by atoms with van der Waals surface area (Å²) >= 11 is 0. The van der Waals surface area contributed by atoms with Crippen molar-refractivity contribution in [1.29, 1.82) is 0 Å². The molecule has 0 radical (unpaired) electrons. The minimum atomic E-state index is -3.56. The number of aliphatic carboxylic acids is 3. The fraction of sp³-hybridized carbons (Fsp3) is 0.500. The molecule has 0 aliphatic carbocycles. The normalized spacial score (nSPS) is 13.3. The number of aliphatic hydroxyl groups is 1. The lowest BCUT2D eigenvalue weighted by Crippen LogP contribution is -2.65. The van der Waals surface area contributed by atoms with Crippen LogP contribution in [0.1, 0.15) is 40.0 Å². The van der Waals surface area contributed by atoms with Crippen molar-refractivity contribution in [3.8, 4) is 0 Å². The van der Waals surface area contributed by atoms with Crippen LogP contribution in [-0.2, 0) is 43.0 Å². The Bertz CT molecular complexity index is 945. The molecule has 0 aromatic heterocycles. The van der Waals surface area contributed by atoms with E-state index in [0.717, 1.165) is 0 Å². The molecule has 0 saturated carbocycles. The van der Waals surface area contributed by atoms with E-state index in [1.807, 2.05) is 0 Å². The number of esters is 3. The smallest absolute Gasteiger partial charge is 0.337 e. The Labute approximate surface area is 213 Å². The average Bonchev–Trinajstić information content (AvgIpc) is 2.78. The van der Waals surface area contributed by atoms with Crippen LogP contribution in [-0.4, -0.2) is 81.7 Å². The molecule has 2 unspecified atom stereocenters. The number of carbonyl (C=O) groups is 6. The molecule has 0 amide bonds. The fourth-order valence-electron chi connectivity index (χ4n) is 3.36. The van der Waals surface area contributed by atoms with Gasteiger partial charge in [-0.15, -0.1) is 0 Å². The monoisotopic (exact) mass is 528 g/mol. The summed E-state index contributed by atoms with van der Waals surface area (Å²) in [7, 11) is 0. The fourth-order valence-corrected chi connectivity index (χ4v) is 3.36. The minimum absolute atomic E-state index is 0.0427. The Balaban J connectivity index is 6.58. The molecule has 0 heterocycles. The topological polar surface area (TPSA) is 211 Å². The van der Waals surface area contributed by atoms with Crippen molar-refractivity contribution in [3.63, 3.8) is 0 Å². The Morgan fingerprint density at radius 3 is 1.30 bits per heavy atom. The first-order chi connectivity index (χ1) is 16.9.